The molecule has 0 N–H and O–H groups in total. The van der Waals surface area contributed by atoms with Gasteiger partial charge in [0, 0.05) is 69.9 Å². The summed E-state index contributed by atoms with van der Waals surface area (Å²) in [6, 6.07) is 7.39. The lowest BCUT2D eigenvalue weighted by atomic mass is 10.1. The van der Waals surface area contributed by atoms with Gasteiger partial charge in [0.05, 0.1) is 6.33 Å². The van der Waals surface area contributed by atoms with Crippen molar-refractivity contribution in [3.63, 3.8) is 0 Å². The summed E-state index contributed by atoms with van der Waals surface area (Å²) in [4.78, 5) is 32.6. The van der Waals surface area contributed by atoms with Crippen LogP contribution in [0, 0.1) is 5.92 Å². The Balaban J connectivity index is 1.29. The van der Waals surface area contributed by atoms with Crippen molar-refractivity contribution in [1.82, 2.24) is 19.4 Å². The molecule has 154 valence electrons. The number of likely N-dealkylation sites (tertiary alicyclic amines) is 1. The van der Waals surface area contributed by atoms with Gasteiger partial charge >= 0.3 is 0 Å². The molecule has 2 amide bonds. The minimum atomic E-state index is -0.0274. The highest BCUT2D eigenvalue weighted by atomic mass is 16.5. The van der Waals surface area contributed by atoms with E-state index in [-0.39, 0.29) is 17.9 Å². The van der Waals surface area contributed by atoms with Crippen LogP contribution in [0.5, 0.6) is 5.75 Å². The quantitative estimate of drug-likeness (QED) is 0.721. The average Bonchev–Trinajstić information content (AvgIpc) is 3.47. The zero-order chi connectivity index (χ0) is 20.2. The molecule has 2 aliphatic rings. The van der Waals surface area contributed by atoms with Gasteiger partial charge < -0.3 is 19.1 Å². The van der Waals surface area contributed by atoms with E-state index in [1.165, 1.54) is 0 Å². The fourth-order valence-corrected chi connectivity index (χ4v) is 3.68. The molecule has 29 heavy (non-hydrogen) atoms. The Hall–Kier alpha value is -2.83. The first-order valence-corrected chi connectivity index (χ1v) is 10.4. The molecule has 1 aliphatic carbocycles. The summed E-state index contributed by atoms with van der Waals surface area (Å²) in [5.74, 6) is 1.28. The molecule has 0 bridgehead atoms. The Labute approximate surface area is 171 Å². The molecular weight excluding hydrogens is 368 g/mol. The highest BCUT2D eigenvalue weighted by Crippen LogP contribution is 2.32. The number of amides is 2. The van der Waals surface area contributed by atoms with Crippen molar-refractivity contribution < 1.29 is 14.3 Å². The Kier molecular flexibility index (Phi) is 5.83. The monoisotopic (exact) mass is 396 g/mol. The number of carbonyl (C=O) groups excluding carboxylic acids is 2. The molecule has 1 saturated heterocycles. The molecule has 1 aliphatic heterocycles. The van der Waals surface area contributed by atoms with Crippen LogP contribution in [0.2, 0.25) is 0 Å². The maximum Gasteiger partial charge on any atom is 0.253 e. The first-order chi connectivity index (χ1) is 14.1. The highest BCUT2D eigenvalue weighted by Gasteiger charge is 2.35. The molecule has 7 nitrogen and oxygen atoms in total. The molecular formula is C22H28N4O3. The van der Waals surface area contributed by atoms with Crippen molar-refractivity contribution in [3.8, 4) is 5.75 Å². The summed E-state index contributed by atoms with van der Waals surface area (Å²) in [5, 5.41) is 0. The highest BCUT2D eigenvalue weighted by molar-refractivity contribution is 5.94. The van der Waals surface area contributed by atoms with Crippen molar-refractivity contribution in [3.05, 3.63) is 48.5 Å². The largest absolute Gasteiger partial charge is 0.490 e. The van der Waals surface area contributed by atoms with E-state index in [4.69, 9.17) is 4.74 Å². The Morgan fingerprint density at radius 2 is 2.00 bits per heavy atom. The second-order valence-corrected chi connectivity index (χ2v) is 7.97. The van der Waals surface area contributed by atoms with Crippen LogP contribution < -0.4 is 4.74 Å². The summed E-state index contributed by atoms with van der Waals surface area (Å²) >= 11 is 0. The Morgan fingerprint density at radius 1 is 1.21 bits per heavy atom. The molecule has 0 unspecified atom stereocenters. The number of hydrogen-bond acceptors (Lipinski definition) is 4. The van der Waals surface area contributed by atoms with Gasteiger partial charge in [0.1, 0.15) is 11.9 Å². The molecule has 2 fully saturated rings. The van der Waals surface area contributed by atoms with E-state index in [1.807, 2.05) is 39.9 Å². The number of benzene rings is 1. The summed E-state index contributed by atoms with van der Waals surface area (Å²) in [5.41, 5.74) is 0.622. The Bertz CT molecular complexity index is 840. The number of nitrogens with zero attached hydrogens (tertiary/aromatic N) is 4. The zero-order valence-corrected chi connectivity index (χ0v) is 16.9. The molecule has 0 spiro atoms. The molecule has 1 aromatic heterocycles. The normalized spacial score (nSPS) is 17.2. The summed E-state index contributed by atoms with van der Waals surface area (Å²) < 4.78 is 8.08. The van der Waals surface area contributed by atoms with Crippen LogP contribution in [0.25, 0.3) is 0 Å². The van der Waals surface area contributed by atoms with Crippen molar-refractivity contribution in [2.45, 2.75) is 38.3 Å². The topological polar surface area (TPSA) is 67.7 Å². The van der Waals surface area contributed by atoms with Crippen LogP contribution in [0.4, 0.5) is 0 Å². The lowest BCUT2D eigenvalue weighted by Gasteiger charge is -2.32. The van der Waals surface area contributed by atoms with E-state index >= 15 is 0 Å². The molecule has 2 heterocycles. The van der Waals surface area contributed by atoms with Gasteiger partial charge in [-0.2, -0.15) is 0 Å². The third-order valence-electron chi connectivity index (χ3n) is 5.66. The molecule has 4 rings (SSSR count). The maximum absolute atomic E-state index is 12.7. The SMILES string of the molecule is CN(CCn1ccnc1)C(=O)c1cccc(OC2CCN(C(=O)C3CC3)CC2)c1. The molecule has 0 radical (unpaired) electrons. The minimum Gasteiger partial charge on any atom is -0.490 e. The van der Waals surface area contributed by atoms with Crippen LogP contribution in [0.3, 0.4) is 0 Å². The van der Waals surface area contributed by atoms with Crippen LogP contribution in [0.1, 0.15) is 36.0 Å². The van der Waals surface area contributed by atoms with E-state index in [9.17, 15) is 9.59 Å². The third-order valence-corrected chi connectivity index (χ3v) is 5.66. The average molecular weight is 396 g/mol. The molecule has 0 atom stereocenters. The first-order valence-electron chi connectivity index (χ1n) is 10.4. The van der Waals surface area contributed by atoms with Gasteiger partial charge in [0.2, 0.25) is 5.91 Å². The summed E-state index contributed by atoms with van der Waals surface area (Å²) in [7, 11) is 1.80. The third kappa shape index (κ3) is 4.96. The predicted octanol–water partition coefficient (Wildman–Crippen LogP) is 2.44. The minimum absolute atomic E-state index is 0.0274. The molecule has 1 saturated carbocycles. The van der Waals surface area contributed by atoms with Gasteiger partial charge in [0.25, 0.3) is 5.91 Å². The fraction of sp³-hybridized carbons (Fsp3) is 0.500. The number of hydrogen-bond donors (Lipinski definition) is 0. The van der Waals surface area contributed by atoms with Crippen molar-refractivity contribution in [1.29, 1.82) is 0 Å². The lowest BCUT2D eigenvalue weighted by molar-refractivity contribution is -0.134. The number of imidazole rings is 1. The number of rotatable bonds is 7. The smallest absolute Gasteiger partial charge is 0.253 e. The van der Waals surface area contributed by atoms with E-state index < -0.39 is 0 Å². The predicted molar refractivity (Wildman–Crippen MR) is 109 cm³/mol. The molecule has 2 aromatic rings. The summed E-state index contributed by atoms with van der Waals surface area (Å²) in [6.45, 7) is 2.83. The van der Waals surface area contributed by atoms with Gasteiger partial charge in [0.15, 0.2) is 0 Å². The van der Waals surface area contributed by atoms with Gasteiger partial charge in [-0.15, -0.1) is 0 Å². The number of piperidine rings is 1. The maximum atomic E-state index is 12.7. The standard InChI is InChI=1S/C22H28N4O3/c1-24(13-14-25-12-9-23-16-25)21(27)18-3-2-4-20(15-18)29-19-7-10-26(11-8-19)22(28)17-5-6-17/h2-4,9,12,15-17,19H,5-8,10-11,13-14H2,1H3. The Morgan fingerprint density at radius 3 is 2.69 bits per heavy atom. The molecule has 7 heteroatoms. The van der Waals surface area contributed by atoms with Gasteiger partial charge in [-0.25, -0.2) is 4.98 Å². The second-order valence-electron chi connectivity index (χ2n) is 7.97. The second kappa shape index (κ2) is 8.68. The van der Waals surface area contributed by atoms with E-state index in [1.54, 1.807) is 24.5 Å². The number of carbonyl (C=O) groups is 2. The van der Waals surface area contributed by atoms with Gasteiger partial charge in [-0.1, -0.05) is 6.07 Å². The van der Waals surface area contributed by atoms with E-state index in [0.717, 1.165) is 38.8 Å². The van der Waals surface area contributed by atoms with Crippen LogP contribution >= 0.6 is 0 Å². The van der Waals surface area contributed by atoms with Gasteiger partial charge in [-0.3, -0.25) is 9.59 Å². The number of ether oxygens (including phenoxy) is 1. The van der Waals surface area contributed by atoms with Crippen LogP contribution in [-0.2, 0) is 11.3 Å². The lowest BCUT2D eigenvalue weighted by Crippen LogP contribution is -2.42. The van der Waals surface area contributed by atoms with Crippen molar-refractivity contribution in [2.75, 3.05) is 26.7 Å². The number of aromatic nitrogens is 2. The molecule has 1 aromatic carbocycles. The first kappa shape index (κ1) is 19.5. The summed E-state index contributed by atoms with van der Waals surface area (Å²) in [6.07, 6.45) is 9.21. The van der Waals surface area contributed by atoms with E-state index in [2.05, 4.69) is 4.98 Å². The number of likely N-dealkylation sites (N-methyl/N-ethyl adjacent to an activating group) is 1. The van der Waals surface area contributed by atoms with Crippen LogP contribution in [0.15, 0.2) is 43.0 Å². The zero-order valence-electron chi connectivity index (χ0n) is 16.9. The van der Waals surface area contributed by atoms with Gasteiger partial charge in [-0.05, 0) is 31.0 Å². The van der Waals surface area contributed by atoms with Crippen molar-refractivity contribution in [2.24, 2.45) is 5.92 Å². The van der Waals surface area contributed by atoms with Crippen LogP contribution in [-0.4, -0.2) is 64.0 Å². The van der Waals surface area contributed by atoms with Crippen molar-refractivity contribution >= 4 is 11.8 Å². The fourth-order valence-electron chi connectivity index (χ4n) is 3.68. The van der Waals surface area contributed by atoms with E-state index in [0.29, 0.717) is 30.3 Å².